The van der Waals surface area contributed by atoms with Crippen molar-refractivity contribution in [3.8, 4) is 28.2 Å². The first kappa shape index (κ1) is 19.5. The number of nitrogens with zero attached hydrogens (tertiary/aromatic N) is 2. The van der Waals surface area contributed by atoms with Crippen molar-refractivity contribution < 1.29 is 4.79 Å². The Balaban J connectivity index is 1.90. The number of fused-ring (bicyclic) bond motifs is 1. The molecule has 1 aliphatic rings. The molecule has 1 unspecified atom stereocenters. The number of Topliss-reactive ketones (excluding diaryl/α,β-unsaturated/α-hetero) is 1. The molecule has 3 nitrogen and oxygen atoms in total. The maximum absolute atomic E-state index is 13.3. The predicted octanol–water partition coefficient (Wildman–Crippen LogP) is 7.11. The third kappa shape index (κ3) is 3.17. The van der Waals surface area contributed by atoms with Crippen LogP contribution in [-0.2, 0) is 6.42 Å². The van der Waals surface area contributed by atoms with Gasteiger partial charge in [-0.1, -0.05) is 69.1 Å². The SMILES string of the molecule is CC1Cc2c(-c3ccc(Br)cc3)c(-c3ccc(Br)cc3)n(-c3ccccn3)c2C1=O. The number of ketones is 1. The van der Waals surface area contributed by atoms with Gasteiger partial charge >= 0.3 is 0 Å². The van der Waals surface area contributed by atoms with Gasteiger partial charge in [-0.15, -0.1) is 0 Å². The van der Waals surface area contributed by atoms with Crippen molar-refractivity contribution in [2.75, 3.05) is 0 Å². The van der Waals surface area contributed by atoms with Gasteiger partial charge in [0.15, 0.2) is 5.78 Å². The molecule has 2 heterocycles. The largest absolute Gasteiger partial charge is 0.292 e. The highest BCUT2D eigenvalue weighted by atomic mass is 79.9. The summed E-state index contributed by atoms with van der Waals surface area (Å²) in [5.74, 6) is 0.910. The number of aromatic nitrogens is 2. The highest BCUT2D eigenvalue weighted by molar-refractivity contribution is 9.10. The number of rotatable bonds is 3. The minimum atomic E-state index is -0.0295. The lowest BCUT2D eigenvalue weighted by Crippen LogP contribution is -2.12. The minimum Gasteiger partial charge on any atom is -0.292 e. The second-order valence-electron chi connectivity index (χ2n) is 7.56. The fraction of sp³-hybridized carbons (Fsp3) is 0.120. The summed E-state index contributed by atoms with van der Waals surface area (Å²) in [4.78, 5) is 17.9. The van der Waals surface area contributed by atoms with Crippen LogP contribution in [0.1, 0.15) is 23.0 Å². The molecule has 5 rings (SSSR count). The van der Waals surface area contributed by atoms with Gasteiger partial charge in [-0.3, -0.25) is 9.36 Å². The first-order valence-electron chi connectivity index (χ1n) is 9.79. The maximum atomic E-state index is 13.3. The molecule has 0 radical (unpaired) electrons. The normalized spacial score (nSPS) is 15.4. The van der Waals surface area contributed by atoms with E-state index in [1.54, 1.807) is 6.20 Å². The lowest BCUT2D eigenvalue weighted by atomic mass is 9.95. The van der Waals surface area contributed by atoms with Crippen LogP contribution in [0.2, 0.25) is 0 Å². The monoisotopic (exact) mass is 520 g/mol. The fourth-order valence-corrected chi connectivity index (χ4v) is 4.76. The zero-order valence-corrected chi connectivity index (χ0v) is 19.4. The van der Waals surface area contributed by atoms with E-state index in [0.29, 0.717) is 0 Å². The molecular weight excluding hydrogens is 504 g/mol. The van der Waals surface area contributed by atoms with Crippen LogP contribution < -0.4 is 0 Å². The van der Waals surface area contributed by atoms with Crippen LogP contribution >= 0.6 is 31.9 Å². The van der Waals surface area contributed by atoms with Crippen molar-refractivity contribution in [3.05, 3.63) is 93.1 Å². The van der Waals surface area contributed by atoms with Crippen molar-refractivity contribution in [2.45, 2.75) is 13.3 Å². The number of hydrogen-bond donors (Lipinski definition) is 0. The molecule has 0 fully saturated rings. The first-order chi connectivity index (χ1) is 14.5. The second-order valence-corrected chi connectivity index (χ2v) is 9.39. The summed E-state index contributed by atoms with van der Waals surface area (Å²) in [5.41, 5.74) is 6.15. The molecule has 0 amide bonds. The number of carbonyl (C=O) groups is 1. The molecular formula is C25H18Br2N2O. The van der Waals surface area contributed by atoms with Gasteiger partial charge < -0.3 is 0 Å². The van der Waals surface area contributed by atoms with Crippen molar-refractivity contribution in [1.82, 2.24) is 9.55 Å². The molecule has 148 valence electrons. The van der Waals surface area contributed by atoms with Crippen LogP contribution in [0, 0.1) is 5.92 Å². The van der Waals surface area contributed by atoms with Gasteiger partial charge in [-0.2, -0.15) is 0 Å². The molecule has 5 heteroatoms. The molecule has 0 spiro atoms. The summed E-state index contributed by atoms with van der Waals surface area (Å²) < 4.78 is 4.10. The van der Waals surface area contributed by atoms with E-state index < -0.39 is 0 Å². The van der Waals surface area contributed by atoms with E-state index >= 15 is 0 Å². The Hall–Kier alpha value is -2.50. The highest BCUT2D eigenvalue weighted by Crippen LogP contribution is 2.45. The number of hydrogen-bond acceptors (Lipinski definition) is 2. The van der Waals surface area contributed by atoms with Gasteiger partial charge in [-0.05, 0) is 59.5 Å². The molecule has 0 N–H and O–H groups in total. The molecule has 30 heavy (non-hydrogen) atoms. The number of pyridine rings is 1. The fourth-order valence-electron chi connectivity index (χ4n) is 4.23. The molecule has 0 saturated heterocycles. The Morgan fingerprint density at radius 1 is 0.867 bits per heavy atom. The Labute approximate surface area is 192 Å². The molecule has 2 aromatic heterocycles. The van der Waals surface area contributed by atoms with Crippen LogP contribution in [-0.4, -0.2) is 15.3 Å². The summed E-state index contributed by atoms with van der Waals surface area (Å²) in [5, 5.41) is 0. The first-order valence-corrected chi connectivity index (χ1v) is 11.4. The summed E-state index contributed by atoms with van der Waals surface area (Å²) in [6.07, 6.45) is 2.51. The van der Waals surface area contributed by atoms with E-state index in [0.717, 1.165) is 54.8 Å². The number of carbonyl (C=O) groups excluding carboxylic acids is 1. The molecule has 0 aliphatic heterocycles. The third-order valence-electron chi connectivity index (χ3n) is 5.59. The number of halogens is 2. The quantitative estimate of drug-likeness (QED) is 0.288. The smallest absolute Gasteiger partial charge is 0.183 e. The topological polar surface area (TPSA) is 34.9 Å². The second kappa shape index (κ2) is 7.64. The van der Waals surface area contributed by atoms with Crippen LogP contribution in [0.3, 0.4) is 0 Å². The lowest BCUT2D eigenvalue weighted by molar-refractivity contribution is 0.0940. The van der Waals surface area contributed by atoms with E-state index in [9.17, 15) is 4.79 Å². The predicted molar refractivity (Wildman–Crippen MR) is 127 cm³/mol. The Morgan fingerprint density at radius 3 is 2.10 bits per heavy atom. The van der Waals surface area contributed by atoms with Gasteiger partial charge in [-0.25, -0.2) is 4.98 Å². The standard InChI is InChI=1S/C25H18Br2N2O/c1-15-14-20-22(16-5-9-18(26)10-6-16)23(17-7-11-19(27)12-8-17)29(24(20)25(15)30)21-4-2-3-13-28-21/h2-13,15H,14H2,1H3. The van der Waals surface area contributed by atoms with Gasteiger partial charge in [0.1, 0.15) is 5.82 Å². The lowest BCUT2D eigenvalue weighted by Gasteiger charge is -2.15. The Bertz CT molecular complexity index is 1240. The van der Waals surface area contributed by atoms with Crippen LogP contribution in [0.5, 0.6) is 0 Å². The van der Waals surface area contributed by atoms with Crippen LogP contribution in [0.4, 0.5) is 0 Å². The Kier molecular flexibility index (Phi) is 4.95. The molecule has 0 bridgehead atoms. The third-order valence-corrected chi connectivity index (χ3v) is 6.65. The van der Waals surface area contributed by atoms with Gasteiger partial charge in [0.2, 0.25) is 0 Å². The van der Waals surface area contributed by atoms with Crippen molar-refractivity contribution >= 4 is 37.6 Å². The molecule has 2 aromatic carbocycles. The van der Waals surface area contributed by atoms with Crippen molar-refractivity contribution in [3.63, 3.8) is 0 Å². The van der Waals surface area contributed by atoms with Crippen LogP contribution in [0.25, 0.3) is 28.2 Å². The van der Waals surface area contributed by atoms with Gasteiger partial charge in [0.05, 0.1) is 11.4 Å². The van der Waals surface area contributed by atoms with E-state index in [4.69, 9.17) is 0 Å². The average molecular weight is 522 g/mol. The average Bonchev–Trinajstić information content (AvgIpc) is 3.23. The summed E-state index contributed by atoms with van der Waals surface area (Å²) >= 11 is 7.07. The molecule has 1 aliphatic carbocycles. The zero-order chi connectivity index (χ0) is 20.8. The van der Waals surface area contributed by atoms with E-state index in [-0.39, 0.29) is 11.7 Å². The maximum Gasteiger partial charge on any atom is 0.183 e. The van der Waals surface area contributed by atoms with Crippen molar-refractivity contribution in [1.29, 1.82) is 0 Å². The van der Waals surface area contributed by atoms with Crippen LogP contribution in [0.15, 0.2) is 81.9 Å². The van der Waals surface area contributed by atoms with E-state index in [1.165, 1.54) is 0 Å². The summed E-state index contributed by atoms with van der Waals surface area (Å²) in [6.45, 7) is 2.01. The van der Waals surface area contributed by atoms with E-state index in [1.807, 2.05) is 49.4 Å². The Morgan fingerprint density at radius 2 is 1.50 bits per heavy atom. The molecule has 1 atom stereocenters. The summed E-state index contributed by atoms with van der Waals surface area (Å²) in [6, 6.07) is 22.4. The summed E-state index contributed by atoms with van der Waals surface area (Å²) in [7, 11) is 0. The zero-order valence-electron chi connectivity index (χ0n) is 16.3. The number of benzene rings is 2. The van der Waals surface area contributed by atoms with Gasteiger partial charge in [0, 0.05) is 26.6 Å². The van der Waals surface area contributed by atoms with Gasteiger partial charge in [0.25, 0.3) is 0 Å². The molecule has 0 saturated carbocycles. The minimum absolute atomic E-state index is 0.0295. The van der Waals surface area contributed by atoms with Crippen molar-refractivity contribution in [2.24, 2.45) is 5.92 Å². The highest BCUT2D eigenvalue weighted by Gasteiger charge is 2.37. The van der Waals surface area contributed by atoms with E-state index in [2.05, 4.69) is 65.7 Å². The molecule has 4 aromatic rings.